The molecule has 0 spiro atoms. The molecule has 0 aromatic rings. The van der Waals surface area contributed by atoms with Crippen LogP contribution in [0.25, 0.3) is 0 Å². The molecule has 1 aliphatic heterocycles. The molecule has 0 atom stereocenters. The van der Waals surface area contributed by atoms with Crippen LogP contribution < -0.4 is 5.11 Å². The Morgan fingerprint density at radius 3 is 2.65 bits per heavy atom. The van der Waals surface area contributed by atoms with Gasteiger partial charge in [0, 0.05) is 17.7 Å². The van der Waals surface area contributed by atoms with Gasteiger partial charge in [-0.05, 0) is 12.5 Å². The Labute approximate surface area is 115 Å². The van der Waals surface area contributed by atoms with E-state index in [0.29, 0.717) is 24.1 Å². The second kappa shape index (κ2) is 7.22. The van der Waals surface area contributed by atoms with Gasteiger partial charge in [0.05, 0.1) is 12.5 Å². The van der Waals surface area contributed by atoms with E-state index in [2.05, 4.69) is 4.74 Å². The Morgan fingerprint density at radius 2 is 2.05 bits per heavy atom. The molecule has 0 saturated carbocycles. The quantitative estimate of drug-likeness (QED) is 0.334. The highest BCUT2D eigenvalue weighted by atomic mass is 16.5. The highest BCUT2D eigenvalue weighted by molar-refractivity contribution is 6.16. The van der Waals surface area contributed by atoms with Gasteiger partial charge in [0.15, 0.2) is 0 Å². The summed E-state index contributed by atoms with van der Waals surface area (Å²) >= 11 is 0. The van der Waals surface area contributed by atoms with E-state index in [4.69, 9.17) is 0 Å². The molecule has 0 bridgehead atoms. The molecule has 0 unspecified atom stereocenters. The van der Waals surface area contributed by atoms with Crippen molar-refractivity contribution in [3.8, 4) is 0 Å². The fourth-order valence-corrected chi connectivity index (χ4v) is 1.64. The molecule has 0 aromatic heterocycles. The Kier molecular flexibility index (Phi) is 5.64. The van der Waals surface area contributed by atoms with E-state index in [1.807, 2.05) is 6.92 Å². The normalized spacial score (nSPS) is 14.8. The van der Waals surface area contributed by atoms with Crippen LogP contribution in [0.1, 0.15) is 19.8 Å². The van der Waals surface area contributed by atoms with E-state index in [1.54, 1.807) is 0 Å². The average molecular weight is 280 g/mol. The molecular formula is C13H14NO6-. The van der Waals surface area contributed by atoms with Gasteiger partial charge in [0.25, 0.3) is 11.8 Å². The molecule has 7 heteroatoms. The number of nitrogens with zero attached hydrogens (tertiary/aromatic N) is 1. The number of carbonyl (C=O) groups is 4. The van der Waals surface area contributed by atoms with E-state index in [1.165, 1.54) is 6.08 Å². The summed E-state index contributed by atoms with van der Waals surface area (Å²) in [6.45, 7) is 1.64. The minimum Gasteiger partial charge on any atom is -0.545 e. The van der Waals surface area contributed by atoms with Crippen molar-refractivity contribution in [2.75, 3.05) is 13.2 Å². The number of amides is 2. The second-order valence-electron chi connectivity index (χ2n) is 4.03. The molecule has 0 saturated heterocycles. The summed E-state index contributed by atoms with van der Waals surface area (Å²) in [6.07, 6.45) is 3.79. The topological polar surface area (TPSA) is 104 Å². The number of carbonyl (C=O) groups excluding carboxylic acids is 4. The SMILES string of the molecule is CCCC1=CC(=O)N(CCOC(=O)/C=C\C(=O)[O-])C1=O. The first-order chi connectivity index (χ1) is 9.45. The molecule has 2 amide bonds. The van der Waals surface area contributed by atoms with E-state index >= 15 is 0 Å². The molecule has 0 aromatic carbocycles. The minimum atomic E-state index is -1.51. The number of rotatable bonds is 7. The number of imide groups is 1. The number of ether oxygens (including phenoxy) is 1. The van der Waals surface area contributed by atoms with Gasteiger partial charge in [0.1, 0.15) is 6.61 Å². The first-order valence-electron chi connectivity index (χ1n) is 6.08. The Bertz CT molecular complexity index is 491. The minimum absolute atomic E-state index is 0.0632. The average Bonchev–Trinajstić information content (AvgIpc) is 2.64. The third-order valence-corrected chi connectivity index (χ3v) is 2.52. The van der Waals surface area contributed by atoms with E-state index < -0.39 is 17.8 Å². The third-order valence-electron chi connectivity index (χ3n) is 2.52. The molecule has 0 N–H and O–H groups in total. The zero-order chi connectivity index (χ0) is 15.1. The van der Waals surface area contributed by atoms with Crippen molar-refractivity contribution in [3.63, 3.8) is 0 Å². The van der Waals surface area contributed by atoms with Crippen molar-refractivity contribution in [1.29, 1.82) is 0 Å². The fourth-order valence-electron chi connectivity index (χ4n) is 1.64. The van der Waals surface area contributed by atoms with Crippen LogP contribution in [0, 0.1) is 0 Å². The van der Waals surface area contributed by atoms with E-state index in [-0.39, 0.29) is 19.1 Å². The Hall–Kier alpha value is -2.44. The van der Waals surface area contributed by atoms with Crippen molar-refractivity contribution in [3.05, 3.63) is 23.8 Å². The van der Waals surface area contributed by atoms with Crippen molar-refractivity contribution in [2.45, 2.75) is 19.8 Å². The first-order valence-corrected chi connectivity index (χ1v) is 6.08. The fraction of sp³-hybridized carbons (Fsp3) is 0.385. The predicted molar refractivity (Wildman–Crippen MR) is 64.8 cm³/mol. The highest BCUT2D eigenvalue weighted by Gasteiger charge is 2.29. The monoisotopic (exact) mass is 280 g/mol. The molecule has 20 heavy (non-hydrogen) atoms. The standard InChI is InChI=1S/C13H15NO6/c1-2-3-9-8-10(15)14(13(9)19)6-7-20-12(18)5-4-11(16)17/h4-5,8H,2-3,6-7H2,1H3,(H,16,17)/p-1/b5-4-. The van der Waals surface area contributed by atoms with Crippen LogP contribution in [0.4, 0.5) is 0 Å². The van der Waals surface area contributed by atoms with Crippen LogP contribution in [0.15, 0.2) is 23.8 Å². The summed E-state index contributed by atoms with van der Waals surface area (Å²) in [5.74, 6) is -3.20. The van der Waals surface area contributed by atoms with Crippen LogP contribution in [0.3, 0.4) is 0 Å². The molecule has 108 valence electrons. The van der Waals surface area contributed by atoms with Crippen LogP contribution in [-0.4, -0.2) is 41.8 Å². The molecule has 0 radical (unpaired) electrons. The molecule has 1 heterocycles. The van der Waals surface area contributed by atoms with Gasteiger partial charge in [-0.3, -0.25) is 14.5 Å². The zero-order valence-corrected chi connectivity index (χ0v) is 11.0. The van der Waals surface area contributed by atoms with Crippen LogP contribution in [0.5, 0.6) is 0 Å². The summed E-state index contributed by atoms with van der Waals surface area (Å²) in [7, 11) is 0. The Balaban J connectivity index is 2.40. The van der Waals surface area contributed by atoms with Gasteiger partial charge < -0.3 is 14.6 Å². The lowest BCUT2D eigenvalue weighted by atomic mass is 10.1. The predicted octanol–water partition coefficient (Wildman–Crippen LogP) is -1.07. The van der Waals surface area contributed by atoms with Crippen molar-refractivity contribution in [1.82, 2.24) is 4.90 Å². The maximum atomic E-state index is 11.8. The van der Waals surface area contributed by atoms with Crippen molar-refractivity contribution < 1.29 is 29.0 Å². The summed E-state index contributed by atoms with van der Waals surface area (Å²) in [4.78, 5) is 45.4. The third kappa shape index (κ3) is 4.34. The maximum Gasteiger partial charge on any atom is 0.330 e. The molecule has 0 aliphatic carbocycles. The Morgan fingerprint density at radius 1 is 1.35 bits per heavy atom. The van der Waals surface area contributed by atoms with Crippen LogP contribution in [-0.2, 0) is 23.9 Å². The van der Waals surface area contributed by atoms with Crippen molar-refractivity contribution >= 4 is 23.8 Å². The van der Waals surface area contributed by atoms with Crippen LogP contribution in [0.2, 0.25) is 0 Å². The van der Waals surface area contributed by atoms with Gasteiger partial charge in [-0.25, -0.2) is 4.79 Å². The van der Waals surface area contributed by atoms with Crippen molar-refractivity contribution in [2.24, 2.45) is 0 Å². The van der Waals surface area contributed by atoms with Gasteiger partial charge in [-0.2, -0.15) is 0 Å². The van der Waals surface area contributed by atoms with Gasteiger partial charge in [0.2, 0.25) is 0 Å². The molecule has 0 fully saturated rings. The largest absolute Gasteiger partial charge is 0.545 e. The molecule has 1 rings (SSSR count). The lowest BCUT2D eigenvalue weighted by Crippen LogP contribution is -2.34. The molecular weight excluding hydrogens is 266 g/mol. The van der Waals surface area contributed by atoms with Gasteiger partial charge >= 0.3 is 5.97 Å². The number of hydrogen-bond donors (Lipinski definition) is 0. The van der Waals surface area contributed by atoms with E-state index in [9.17, 15) is 24.3 Å². The van der Waals surface area contributed by atoms with Gasteiger partial charge in [-0.15, -0.1) is 0 Å². The van der Waals surface area contributed by atoms with Gasteiger partial charge in [-0.1, -0.05) is 13.3 Å². The number of esters is 1. The number of carboxylic acid groups (broad SMARTS) is 1. The van der Waals surface area contributed by atoms with Crippen LogP contribution >= 0.6 is 0 Å². The summed E-state index contributed by atoms with van der Waals surface area (Å²) in [6, 6.07) is 0. The summed E-state index contributed by atoms with van der Waals surface area (Å²) < 4.78 is 4.66. The lowest BCUT2D eigenvalue weighted by molar-refractivity contribution is -0.297. The highest BCUT2D eigenvalue weighted by Crippen LogP contribution is 2.16. The first kappa shape index (κ1) is 15.6. The zero-order valence-electron chi connectivity index (χ0n) is 11.0. The number of aliphatic carboxylic acids is 1. The molecule has 7 nitrogen and oxygen atoms in total. The molecule has 1 aliphatic rings. The maximum absolute atomic E-state index is 11.8. The smallest absolute Gasteiger partial charge is 0.330 e. The lowest BCUT2D eigenvalue weighted by Gasteiger charge is -2.14. The second-order valence-corrected chi connectivity index (χ2v) is 4.03. The van der Waals surface area contributed by atoms with E-state index in [0.717, 1.165) is 11.3 Å². The number of hydrogen-bond acceptors (Lipinski definition) is 6. The number of carboxylic acids is 1. The summed E-state index contributed by atoms with van der Waals surface area (Å²) in [5.41, 5.74) is 0.445. The summed E-state index contributed by atoms with van der Waals surface area (Å²) in [5, 5.41) is 10.1.